The average Bonchev–Trinajstić information content (AvgIpc) is 2.74. The molecule has 2 aromatic rings. The first-order valence-corrected chi connectivity index (χ1v) is 9.58. The summed E-state index contributed by atoms with van der Waals surface area (Å²) in [7, 11) is 6.64. The zero-order valence-electron chi connectivity index (χ0n) is 18.0. The monoisotopic (exact) mass is 416 g/mol. The van der Waals surface area contributed by atoms with Gasteiger partial charge in [0.1, 0.15) is 11.6 Å². The SMILES string of the molecule is COc1cc(C)c(Oc2cc(N)nc(N3CCN(C(=O)N(C)C)CC3)n2)cc1OC. The molecular weight excluding hydrogens is 388 g/mol. The standard InChI is InChI=1S/C20H28N6O4/c1-13-10-15(28-4)16(29-5)11-14(13)30-18-12-17(21)22-19(23-18)25-6-8-26(9-7-25)20(27)24(2)3/h10-12H,6-9H2,1-5H3,(H2,21,22,23). The number of hydrogen-bond acceptors (Lipinski definition) is 8. The topological polar surface area (TPSA) is 106 Å². The van der Waals surface area contributed by atoms with Crippen molar-refractivity contribution in [1.82, 2.24) is 19.8 Å². The summed E-state index contributed by atoms with van der Waals surface area (Å²) >= 11 is 0. The largest absolute Gasteiger partial charge is 0.493 e. The Morgan fingerprint density at radius 1 is 1.00 bits per heavy atom. The Hall–Kier alpha value is -3.43. The van der Waals surface area contributed by atoms with Crippen molar-refractivity contribution in [3.05, 3.63) is 23.8 Å². The number of nitrogens with zero attached hydrogens (tertiary/aromatic N) is 5. The highest BCUT2D eigenvalue weighted by Gasteiger charge is 2.24. The van der Waals surface area contributed by atoms with E-state index < -0.39 is 0 Å². The van der Waals surface area contributed by atoms with Gasteiger partial charge in [0.15, 0.2) is 11.5 Å². The number of carbonyl (C=O) groups is 1. The van der Waals surface area contributed by atoms with Gasteiger partial charge in [0.25, 0.3) is 0 Å². The smallest absolute Gasteiger partial charge is 0.319 e. The third-order valence-electron chi connectivity index (χ3n) is 4.82. The zero-order valence-corrected chi connectivity index (χ0v) is 18.0. The predicted octanol–water partition coefficient (Wildman–Crippen LogP) is 1.98. The molecule has 0 aliphatic carbocycles. The second-order valence-corrected chi connectivity index (χ2v) is 7.16. The molecule has 1 fully saturated rings. The van der Waals surface area contributed by atoms with E-state index in [1.807, 2.05) is 17.9 Å². The lowest BCUT2D eigenvalue weighted by Crippen LogP contribution is -2.51. The number of benzene rings is 1. The van der Waals surface area contributed by atoms with Crippen LogP contribution in [0.4, 0.5) is 16.6 Å². The number of rotatable bonds is 5. The molecule has 1 aliphatic rings. The molecule has 1 saturated heterocycles. The van der Waals surface area contributed by atoms with Crippen LogP contribution in [0.2, 0.25) is 0 Å². The predicted molar refractivity (Wildman–Crippen MR) is 114 cm³/mol. The van der Waals surface area contributed by atoms with Gasteiger partial charge in [-0.3, -0.25) is 0 Å². The van der Waals surface area contributed by atoms with Gasteiger partial charge in [0.05, 0.1) is 14.2 Å². The summed E-state index contributed by atoms with van der Waals surface area (Å²) in [5, 5.41) is 0. The normalized spacial score (nSPS) is 13.8. The molecule has 3 rings (SSSR count). The number of anilines is 2. The Bertz CT molecular complexity index is 912. The summed E-state index contributed by atoms with van der Waals surface area (Å²) in [6.07, 6.45) is 0. The van der Waals surface area contributed by atoms with Crippen LogP contribution >= 0.6 is 0 Å². The number of urea groups is 1. The molecule has 10 heteroatoms. The van der Waals surface area contributed by atoms with Gasteiger partial charge in [0, 0.05) is 52.4 Å². The van der Waals surface area contributed by atoms with Crippen molar-refractivity contribution in [1.29, 1.82) is 0 Å². The molecule has 0 atom stereocenters. The summed E-state index contributed by atoms with van der Waals surface area (Å²) in [5.41, 5.74) is 6.86. The molecule has 10 nitrogen and oxygen atoms in total. The molecule has 0 saturated carbocycles. The molecular formula is C20H28N6O4. The quantitative estimate of drug-likeness (QED) is 0.789. The second-order valence-electron chi connectivity index (χ2n) is 7.16. The molecule has 2 N–H and O–H groups in total. The van der Waals surface area contributed by atoms with E-state index in [2.05, 4.69) is 9.97 Å². The minimum Gasteiger partial charge on any atom is -0.493 e. The lowest BCUT2D eigenvalue weighted by atomic mass is 10.2. The van der Waals surface area contributed by atoms with E-state index in [1.54, 1.807) is 50.2 Å². The van der Waals surface area contributed by atoms with Gasteiger partial charge < -0.3 is 34.6 Å². The van der Waals surface area contributed by atoms with Crippen LogP contribution in [0.15, 0.2) is 18.2 Å². The lowest BCUT2D eigenvalue weighted by Gasteiger charge is -2.36. The molecule has 0 bridgehead atoms. The summed E-state index contributed by atoms with van der Waals surface area (Å²) in [4.78, 5) is 26.4. The Balaban J connectivity index is 1.78. The van der Waals surface area contributed by atoms with Gasteiger partial charge in [-0.1, -0.05) is 0 Å². The molecule has 0 radical (unpaired) electrons. The number of nitrogens with two attached hydrogens (primary N) is 1. The first kappa shape index (κ1) is 21.3. The molecule has 1 aromatic carbocycles. The second kappa shape index (κ2) is 8.93. The Kier molecular flexibility index (Phi) is 6.34. The summed E-state index contributed by atoms with van der Waals surface area (Å²) in [5.74, 6) is 2.87. The maximum atomic E-state index is 12.1. The third kappa shape index (κ3) is 4.58. The van der Waals surface area contributed by atoms with Crippen molar-refractivity contribution in [2.45, 2.75) is 6.92 Å². The van der Waals surface area contributed by atoms with Crippen molar-refractivity contribution in [2.75, 3.05) is 65.1 Å². The van der Waals surface area contributed by atoms with E-state index in [1.165, 1.54) is 0 Å². The first-order chi connectivity index (χ1) is 14.3. The number of amides is 2. The van der Waals surface area contributed by atoms with Crippen LogP contribution < -0.4 is 24.8 Å². The maximum absolute atomic E-state index is 12.1. The summed E-state index contributed by atoms with van der Waals surface area (Å²) in [6.45, 7) is 4.29. The third-order valence-corrected chi connectivity index (χ3v) is 4.82. The van der Waals surface area contributed by atoms with Crippen LogP contribution in [0.25, 0.3) is 0 Å². The van der Waals surface area contributed by atoms with Gasteiger partial charge in [-0.2, -0.15) is 9.97 Å². The summed E-state index contributed by atoms with van der Waals surface area (Å²) < 4.78 is 16.7. The highest BCUT2D eigenvalue weighted by atomic mass is 16.5. The van der Waals surface area contributed by atoms with Crippen molar-refractivity contribution < 1.29 is 19.0 Å². The number of methoxy groups -OCH3 is 2. The molecule has 2 heterocycles. The molecule has 1 aliphatic heterocycles. The number of nitrogen functional groups attached to an aromatic ring is 1. The molecule has 0 spiro atoms. The van der Waals surface area contributed by atoms with Crippen LogP contribution in [0.1, 0.15) is 5.56 Å². The van der Waals surface area contributed by atoms with Gasteiger partial charge in [-0.25, -0.2) is 4.79 Å². The number of carbonyl (C=O) groups excluding carboxylic acids is 1. The number of aromatic nitrogens is 2. The van der Waals surface area contributed by atoms with Gasteiger partial charge in [-0.05, 0) is 18.6 Å². The highest BCUT2D eigenvalue weighted by Crippen LogP contribution is 2.36. The fourth-order valence-electron chi connectivity index (χ4n) is 3.19. The van der Waals surface area contributed by atoms with E-state index in [0.717, 1.165) is 5.56 Å². The zero-order chi connectivity index (χ0) is 21.8. The molecule has 1 aromatic heterocycles. The van der Waals surface area contributed by atoms with E-state index in [4.69, 9.17) is 19.9 Å². The number of hydrogen-bond donors (Lipinski definition) is 1. The summed E-state index contributed by atoms with van der Waals surface area (Å²) in [6, 6.07) is 5.15. The molecule has 0 unspecified atom stereocenters. The Morgan fingerprint density at radius 2 is 1.63 bits per heavy atom. The Labute approximate surface area is 176 Å². The van der Waals surface area contributed by atoms with Gasteiger partial charge in [-0.15, -0.1) is 0 Å². The van der Waals surface area contributed by atoms with Crippen LogP contribution in [0, 0.1) is 6.92 Å². The van der Waals surface area contributed by atoms with Crippen molar-refractivity contribution in [3.8, 4) is 23.1 Å². The van der Waals surface area contributed by atoms with Gasteiger partial charge in [0.2, 0.25) is 11.8 Å². The van der Waals surface area contributed by atoms with E-state index >= 15 is 0 Å². The van der Waals surface area contributed by atoms with Crippen LogP contribution in [-0.2, 0) is 0 Å². The van der Waals surface area contributed by atoms with E-state index in [0.29, 0.717) is 61.1 Å². The maximum Gasteiger partial charge on any atom is 0.319 e. The minimum atomic E-state index is -0.00362. The Morgan fingerprint density at radius 3 is 2.23 bits per heavy atom. The molecule has 2 amide bonds. The van der Waals surface area contributed by atoms with Crippen LogP contribution in [0.3, 0.4) is 0 Å². The molecule has 162 valence electrons. The number of ether oxygens (including phenoxy) is 3. The number of piperazine rings is 1. The fraction of sp³-hybridized carbons (Fsp3) is 0.450. The first-order valence-electron chi connectivity index (χ1n) is 9.58. The van der Waals surface area contributed by atoms with E-state index in [-0.39, 0.29) is 6.03 Å². The fourth-order valence-corrected chi connectivity index (χ4v) is 3.19. The van der Waals surface area contributed by atoms with E-state index in [9.17, 15) is 4.79 Å². The van der Waals surface area contributed by atoms with Crippen molar-refractivity contribution in [2.24, 2.45) is 0 Å². The average molecular weight is 416 g/mol. The number of aryl methyl sites for hydroxylation is 1. The van der Waals surface area contributed by atoms with Gasteiger partial charge >= 0.3 is 6.03 Å². The van der Waals surface area contributed by atoms with Crippen molar-refractivity contribution in [3.63, 3.8) is 0 Å². The minimum absolute atomic E-state index is 0.00362. The lowest BCUT2D eigenvalue weighted by molar-refractivity contribution is 0.167. The molecule has 30 heavy (non-hydrogen) atoms. The van der Waals surface area contributed by atoms with Crippen LogP contribution in [-0.4, -0.2) is 80.3 Å². The highest BCUT2D eigenvalue weighted by molar-refractivity contribution is 5.74. The van der Waals surface area contributed by atoms with Crippen LogP contribution in [0.5, 0.6) is 23.1 Å². The van der Waals surface area contributed by atoms with Crippen molar-refractivity contribution >= 4 is 17.8 Å².